The van der Waals surface area contributed by atoms with Crippen LogP contribution in [0.3, 0.4) is 0 Å². The fourth-order valence-corrected chi connectivity index (χ4v) is 2.43. The summed E-state index contributed by atoms with van der Waals surface area (Å²) in [7, 11) is 0. The lowest BCUT2D eigenvalue weighted by Crippen LogP contribution is -2.42. The SMILES string of the molecule is FC1(F)CCCN1C1CCCC1. The quantitative estimate of drug-likeness (QED) is 0.554. The van der Waals surface area contributed by atoms with Crippen molar-refractivity contribution >= 4 is 0 Å². The number of hydrogen-bond donors (Lipinski definition) is 0. The first-order valence-corrected chi connectivity index (χ1v) is 4.85. The summed E-state index contributed by atoms with van der Waals surface area (Å²) in [6, 6.07) is -2.31. The maximum absolute atomic E-state index is 13.2. The van der Waals surface area contributed by atoms with Gasteiger partial charge in [-0.3, -0.25) is 0 Å². The molecule has 0 aromatic carbocycles. The van der Waals surface area contributed by atoms with E-state index in [-0.39, 0.29) is 12.5 Å². The van der Waals surface area contributed by atoms with Gasteiger partial charge in [-0.15, -0.1) is 0 Å². The Balaban J connectivity index is 2.02. The van der Waals surface area contributed by atoms with E-state index >= 15 is 0 Å². The van der Waals surface area contributed by atoms with Crippen LogP contribution in [-0.4, -0.2) is 23.5 Å². The Hall–Kier alpha value is -0.180. The first-order chi connectivity index (χ1) is 5.70. The van der Waals surface area contributed by atoms with Gasteiger partial charge in [-0.05, 0) is 19.3 Å². The molecular formula is C9H15F2N. The number of nitrogens with zero attached hydrogens (tertiary/aromatic N) is 1. The monoisotopic (exact) mass is 175 g/mol. The highest BCUT2D eigenvalue weighted by molar-refractivity contribution is 4.86. The molecule has 0 N–H and O–H groups in total. The molecule has 1 aliphatic heterocycles. The van der Waals surface area contributed by atoms with Gasteiger partial charge in [0.15, 0.2) is 0 Å². The molecule has 0 unspecified atom stereocenters. The van der Waals surface area contributed by atoms with Gasteiger partial charge < -0.3 is 0 Å². The van der Waals surface area contributed by atoms with Crippen molar-refractivity contribution in [1.82, 2.24) is 4.90 Å². The summed E-state index contributed by atoms with van der Waals surface area (Å²) >= 11 is 0. The normalized spacial score (nSPS) is 31.5. The second-order valence-electron chi connectivity index (χ2n) is 3.90. The maximum atomic E-state index is 13.2. The summed E-state index contributed by atoms with van der Waals surface area (Å²) in [6.07, 6.45) is 4.98. The highest BCUT2D eigenvalue weighted by atomic mass is 19.3. The molecule has 0 spiro atoms. The van der Waals surface area contributed by atoms with Crippen molar-refractivity contribution in [3.63, 3.8) is 0 Å². The number of halogens is 2. The Morgan fingerprint density at radius 2 is 1.75 bits per heavy atom. The lowest BCUT2D eigenvalue weighted by molar-refractivity contribution is -0.136. The van der Waals surface area contributed by atoms with Gasteiger partial charge in [-0.2, -0.15) is 8.78 Å². The second-order valence-corrected chi connectivity index (χ2v) is 3.90. The largest absolute Gasteiger partial charge is 0.305 e. The fraction of sp³-hybridized carbons (Fsp3) is 1.00. The summed E-state index contributed by atoms with van der Waals surface area (Å²) in [6.45, 7) is 0.609. The zero-order chi connectivity index (χ0) is 8.60. The van der Waals surface area contributed by atoms with Gasteiger partial charge in [0.05, 0.1) is 0 Å². The van der Waals surface area contributed by atoms with Gasteiger partial charge in [0.1, 0.15) is 0 Å². The molecule has 1 saturated heterocycles. The summed E-state index contributed by atoms with van der Waals surface area (Å²) in [5, 5.41) is 0. The predicted octanol–water partition coefficient (Wildman–Crippen LogP) is 2.62. The Morgan fingerprint density at radius 3 is 2.25 bits per heavy atom. The standard InChI is InChI=1S/C9H15F2N/c10-9(11)6-3-7-12(9)8-4-1-2-5-8/h8H,1-7H2. The summed E-state index contributed by atoms with van der Waals surface area (Å²) in [4.78, 5) is 1.43. The van der Waals surface area contributed by atoms with Crippen molar-refractivity contribution in [3.05, 3.63) is 0 Å². The zero-order valence-electron chi connectivity index (χ0n) is 7.23. The van der Waals surface area contributed by atoms with Crippen LogP contribution in [0, 0.1) is 0 Å². The van der Waals surface area contributed by atoms with Crippen molar-refractivity contribution < 1.29 is 8.78 Å². The Labute approximate surface area is 71.7 Å². The molecule has 0 atom stereocenters. The Bertz CT molecular complexity index is 164. The molecule has 2 aliphatic rings. The van der Waals surface area contributed by atoms with E-state index in [2.05, 4.69) is 0 Å². The smallest absolute Gasteiger partial charge is 0.242 e. The molecule has 2 rings (SSSR count). The van der Waals surface area contributed by atoms with Crippen LogP contribution in [0.25, 0.3) is 0 Å². The minimum Gasteiger partial charge on any atom is -0.242 e. The van der Waals surface area contributed by atoms with Crippen molar-refractivity contribution in [2.75, 3.05) is 6.54 Å². The van der Waals surface area contributed by atoms with E-state index < -0.39 is 6.05 Å². The third-order valence-corrected chi connectivity index (χ3v) is 3.06. The average Bonchev–Trinajstić information content (AvgIpc) is 2.55. The van der Waals surface area contributed by atoms with Gasteiger partial charge >= 0.3 is 6.05 Å². The topological polar surface area (TPSA) is 3.24 Å². The number of rotatable bonds is 1. The highest BCUT2D eigenvalue weighted by Crippen LogP contribution is 2.38. The van der Waals surface area contributed by atoms with Gasteiger partial charge in [0.2, 0.25) is 0 Å². The molecule has 0 radical (unpaired) electrons. The molecule has 2 fully saturated rings. The molecule has 0 aromatic heterocycles. The molecule has 1 nitrogen and oxygen atoms in total. The minimum absolute atomic E-state index is 0.0729. The van der Waals surface area contributed by atoms with E-state index in [0.29, 0.717) is 13.0 Å². The van der Waals surface area contributed by atoms with E-state index in [1.807, 2.05) is 0 Å². The van der Waals surface area contributed by atoms with E-state index in [4.69, 9.17) is 0 Å². The molecule has 1 heterocycles. The first kappa shape index (κ1) is 8.42. The van der Waals surface area contributed by atoms with Crippen LogP contribution in [0.1, 0.15) is 38.5 Å². The van der Waals surface area contributed by atoms with E-state index in [1.54, 1.807) is 0 Å². The molecule has 0 aromatic rings. The number of hydrogen-bond acceptors (Lipinski definition) is 1. The van der Waals surface area contributed by atoms with Crippen molar-refractivity contribution in [2.24, 2.45) is 0 Å². The summed E-state index contributed by atoms with van der Waals surface area (Å²) < 4.78 is 26.4. The first-order valence-electron chi connectivity index (χ1n) is 4.85. The third-order valence-electron chi connectivity index (χ3n) is 3.06. The van der Waals surface area contributed by atoms with Crippen LogP contribution >= 0.6 is 0 Å². The summed E-state index contributed by atoms with van der Waals surface area (Å²) in [5.41, 5.74) is 0. The molecule has 3 heteroatoms. The molecule has 70 valence electrons. The summed E-state index contributed by atoms with van der Waals surface area (Å²) in [5.74, 6) is 0. The molecular weight excluding hydrogens is 160 g/mol. The molecule has 1 aliphatic carbocycles. The molecule has 0 bridgehead atoms. The van der Waals surface area contributed by atoms with Gasteiger partial charge in [-0.25, -0.2) is 4.90 Å². The molecule has 12 heavy (non-hydrogen) atoms. The van der Waals surface area contributed by atoms with Crippen LogP contribution in [-0.2, 0) is 0 Å². The lowest BCUT2D eigenvalue weighted by atomic mass is 10.2. The van der Waals surface area contributed by atoms with Gasteiger partial charge in [-0.1, -0.05) is 12.8 Å². The van der Waals surface area contributed by atoms with Crippen molar-refractivity contribution in [3.8, 4) is 0 Å². The van der Waals surface area contributed by atoms with Crippen molar-refractivity contribution in [2.45, 2.75) is 50.6 Å². The maximum Gasteiger partial charge on any atom is 0.305 e. The third kappa shape index (κ3) is 1.35. The number of alkyl halides is 2. The van der Waals surface area contributed by atoms with Gasteiger partial charge in [0, 0.05) is 19.0 Å². The average molecular weight is 175 g/mol. The van der Waals surface area contributed by atoms with Gasteiger partial charge in [0.25, 0.3) is 0 Å². The van der Waals surface area contributed by atoms with Crippen LogP contribution in [0.15, 0.2) is 0 Å². The lowest BCUT2D eigenvalue weighted by Gasteiger charge is -2.29. The van der Waals surface area contributed by atoms with Crippen molar-refractivity contribution in [1.29, 1.82) is 0 Å². The van der Waals surface area contributed by atoms with Crippen LogP contribution < -0.4 is 0 Å². The molecule has 1 saturated carbocycles. The minimum atomic E-state index is -2.49. The highest BCUT2D eigenvalue weighted by Gasteiger charge is 2.45. The zero-order valence-corrected chi connectivity index (χ0v) is 7.23. The van der Waals surface area contributed by atoms with Crippen LogP contribution in [0.2, 0.25) is 0 Å². The Kier molecular flexibility index (Phi) is 2.07. The van der Waals surface area contributed by atoms with Crippen LogP contribution in [0.5, 0.6) is 0 Å². The van der Waals surface area contributed by atoms with Crippen LogP contribution in [0.4, 0.5) is 8.78 Å². The predicted molar refractivity (Wildman–Crippen MR) is 43.1 cm³/mol. The molecule has 0 amide bonds. The Morgan fingerprint density at radius 1 is 1.08 bits per heavy atom. The second kappa shape index (κ2) is 2.95. The van der Waals surface area contributed by atoms with E-state index in [0.717, 1.165) is 25.7 Å². The van der Waals surface area contributed by atoms with E-state index in [1.165, 1.54) is 4.90 Å². The number of likely N-dealkylation sites (tertiary alicyclic amines) is 1. The fourth-order valence-electron chi connectivity index (χ4n) is 2.43. The van der Waals surface area contributed by atoms with E-state index in [9.17, 15) is 8.78 Å².